The molecule has 0 spiro atoms. The maximum atomic E-state index is 12.9. The van der Waals surface area contributed by atoms with Crippen LogP contribution in [0.2, 0.25) is 0 Å². The topological polar surface area (TPSA) is 64.7 Å². The van der Waals surface area contributed by atoms with E-state index in [-0.39, 0.29) is 16.1 Å². The van der Waals surface area contributed by atoms with Gasteiger partial charge in [0.1, 0.15) is 11.7 Å². The predicted octanol–water partition coefficient (Wildman–Crippen LogP) is 3.44. The summed E-state index contributed by atoms with van der Waals surface area (Å²) in [5.41, 5.74) is 2.24. The number of rotatable bonds is 4. The van der Waals surface area contributed by atoms with E-state index in [0.29, 0.717) is 17.1 Å². The zero-order valence-corrected chi connectivity index (χ0v) is 15.1. The summed E-state index contributed by atoms with van der Waals surface area (Å²) in [7, 11) is 1.78. The normalized spacial score (nSPS) is 12.7. The molecule has 0 bridgehead atoms. The quantitative estimate of drug-likeness (QED) is 0.870. The molecular formula is C14H18BrF2N5O. The summed E-state index contributed by atoms with van der Waals surface area (Å²) in [5.74, 6) is -0.344. The van der Waals surface area contributed by atoms with E-state index in [4.69, 9.17) is 0 Å². The summed E-state index contributed by atoms with van der Waals surface area (Å²) < 4.78 is 29.0. The average Bonchev–Trinajstić information content (AvgIpc) is 2.90. The SMILES string of the molecule is Cc1nn(C)c(C)c1NC(=O)C(C)n1nc(C(F)F)c(Br)c1C. The molecule has 1 N–H and O–H groups in total. The standard InChI is InChI=1S/C14H18BrF2N5O/c1-6-11(8(3)21(5)19-6)18-14(23)9(4)22-7(2)10(15)12(20-22)13(16)17/h9,13H,1-5H3,(H,18,23). The molecule has 0 saturated heterocycles. The van der Waals surface area contributed by atoms with Crippen LogP contribution in [0, 0.1) is 20.8 Å². The lowest BCUT2D eigenvalue weighted by molar-refractivity contribution is -0.119. The van der Waals surface area contributed by atoms with Gasteiger partial charge in [0, 0.05) is 7.05 Å². The van der Waals surface area contributed by atoms with Crippen LogP contribution in [0.25, 0.3) is 0 Å². The smallest absolute Gasteiger partial charge is 0.283 e. The van der Waals surface area contributed by atoms with Gasteiger partial charge in [0.2, 0.25) is 5.91 Å². The van der Waals surface area contributed by atoms with Crippen molar-refractivity contribution in [2.75, 3.05) is 5.32 Å². The summed E-state index contributed by atoms with van der Waals surface area (Å²) in [6, 6.07) is -0.738. The van der Waals surface area contributed by atoms with Crippen LogP contribution in [0.4, 0.5) is 14.5 Å². The molecule has 9 heteroatoms. The van der Waals surface area contributed by atoms with E-state index in [2.05, 4.69) is 31.4 Å². The number of aromatic nitrogens is 4. The van der Waals surface area contributed by atoms with Gasteiger partial charge in [-0.25, -0.2) is 8.78 Å². The van der Waals surface area contributed by atoms with Gasteiger partial charge in [-0.15, -0.1) is 0 Å². The van der Waals surface area contributed by atoms with Crippen LogP contribution >= 0.6 is 15.9 Å². The second-order valence-electron chi connectivity index (χ2n) is 5.36. The summed E-state index contributed by atoms with van der Waals surface area (Å²) in [5, 5.41) is 10.9. The Kier molecular flexibility index (Phi) is 4.88. The molecule has 1 unspecified atom stereocenters. The number of hydrogen-bond acceptors (Lipinski definition) is 3. The van der Waals surface area contributed by atoms with Crippen LogP contribution in [0.15, 0.2) is 4.47 Å². The van der Waals surface area contributed by atoms with E-state index >= 15 is 0 Å². The Balaban J connectivity index is 2.28. The third-order valence-corrected chi connectivity index (χ3v) is 4.79. The van der Waals surface area contributed by atoms with Crippen LogP contribution in [0.1, 0.15) is 42.2 Å². The first-order valence-corrected chi connectivity index (χ1v) is 7.78. The van der Waals surface area contributed by atoms with Crippen molar-refractivity contribution in [2.24, 2.45) is 7.05 Å². The molecular weight excluding hydrogens is 372 g/mol. The van der Waals surface area contributed by atoms with E-state index < -0.39 is 12.5 Å². The third kappa shape index (κ3) is 3.15. The van der Waals surface area contributed by atoms with Crippen LogP contribution in [-0.4, -0.2) is 25.5 Å². The summed E-state index contributed by atoms with van der Waals surface area (Å²) >= 11 is 3.10. The van der Waals surface area contributed by atoms with E-state index in [1.807, 2.05) is 6.92 Å². The Labute approximate surface area is 141 Å². The van der Waals surface area contributed by atoms with Gasteiger partial charge in [-0.2, -0.15) is 10.2 Å². The molecule has 0 aliphatic rings. The van der Waals surface area contributed by atoms with Crippen molar-refractivity contribution in [2.45, 2.75) is 40.2 Å². The molecule has 1 amide bonds. The summed E-state index contributed by atoms with van der Waals surface area (Å²) in [6.45, 7) is 6.87. The fourth-order valence-electron chi connectivity index (χ4n) is 2.33. The minimum Gasteiger partial charge on any atom is -0.321 e. The summed E-state index contributed by atoms with van der Waals surface area (Å²) in [4.78, 5) is 12.5. The van der Waals surface area contributed by atoms with Crippen molar-refractivity contribution in [1.29, 1.82) is 0 Å². The van der Waals surface area contributed by atoms with Gasteiger partial charge in [0.05, 0.1) is 27.2 Å². The monoisotopic (exact) mass is 389 g/mol. The minimum atomic E-state index is -2.71. The maximum Gasteiger partial charge on any atom is 0.283 e. The highest BCUT2D eigenvalue weighted by atomic mass is 79.9. The summed E-state index contributed by atoms with van der Waals surface area (Å²) in [6.07, 6.45) is -2.71. The first kappa shape index (κ1) is 17.6. The second-order valence-corrected chi connectivity index (χ2v) is 6.16. The van der Waals surface area contributed by atoms with Gasteiger partial charge in [-0.05, 0) is 43.6 Å². The van der Waals surface area contributed by atoms with Crippen molar-refractivity contribution in [1.82, 2.24) is 19.6 Å². The van der Waals surface area contributed by atoms with Crippen molar-refractivity contribution in [3.63, 3.8) is 0 Å². The van der Waals surface area contributed by atoms with Crippen molar-refractivity contribution < 1.29 is 13.6 Å². The average molecular weight is 390 g/mol. The molecule has 1 atom stereocenters. The van der Waals surface area contributed by atoms with E-state index in [1.54, 1.807) is 32.5 Å². The van der Waals surface area contributed by atoms with Gasteiger partial charge in [0.25, 0.3) is 6.43 Å². The Hall–Kier alpha value is -1.77. The minimum absolute atomic E-state index is 0.223. The predicted molar refractivity (Wildman–Crippen MR) is 85.6 cm³/mol. The Morgan fingerprint density at radius 1 is 1.22 bits per heavy atom. The van der Waals surface area contributed by atoms with Crippen LogP contribution < -0.4 is 5.32 Å². The number of hydrogen-bond donors (Lipinski definition) is 1. The number of alkyl halides is 2. The molecule has 0 saturated carbocycles. The lowest BCUT2D eigenvalue weighted by atomic mass is 10.2. The van der Waals surface area contributed by atoms with Gasteiger partial charge in [-0.3, -0.25) is 14.2 Å². The zero-order chi connectivity index (χ0) is 17.5. The lowest BCUT2D eigenvalue weighted by Crippen LogP contribution is -2.25. The third-order valence-electron chi connectivity index (χ3n) is 3.81. The first-order valence-electron chi connectivity index (χ1n) is 6.98. The fraction of sp³-hybridized carbons (Fsp3) is 0.500. The van der Waals surface area contributed by atoms with Gasteiger partial charge in [0.15, 0.2) is 0 Å². The number of amides is 1. The van der Waals surface area contributed by atoms with E-state index in [9.17, 15) is 13.6 Å². The molecule has 0 radical (unpaired) electrons. The molecule has 0 aromatic carbocycles. The molecule has 2 heterocycles. The Bertz CT molecular complexity index is 753. The Morgan fingerprint density at radius 2 is 1.83 bits per heavy atom. The second kappa shape index (κ2) is 6.38. The van der Waals surface area contributed by atoms with Crippen LogP contribution in [-0.2, 0) is 11.8 Å². The van der Waals surface area contributed by atoms with Crippen molar-refractivity contribution in [3.05, 3.63) is 27.2 Å². The highest BCUT2D eigenvalue weighted by Crippen LogP contribution is 2.31. The molecule has 0 aliphatic carbocycles. The maximum absolute atomic E-state index is 12.9. The highest BCUT2D eigenvalue weighted by Gasteiger charge is 2.26. The number of nitrogens with zero attached hydrogens (tertiary/aromatic N) is 4. The van der Waals surface area contributed by atoms with Crippen LogP contribution in [0.5, 0.6) is 0 Å². The number of carbonyl (C=O) groups excluding carboxylic acids is 1. The molecule has 0 aliphatic heterocycles. The number of aryl methyl sites for hydroxylation is 2. The number of nitrogens with one attached hydrogen (secondary N) is 1. The lowest BCUT2D eigenvalue weighted by Gasteiger charge is -2.14. The van der Waals surface area contributed by atoms with E-state index in [0.717, 1.165) is 5.69 Å². The molecule has 2 rings (SSSR count). The molecule has 126 valence electrons. The molecule has 0 fully saturated rings. The largest absolute Gasteiger partial charge is 0.321 e. The Morgan fingerprint density at radius 3 is 2.26 bits per heavy atom. The first-order chi connectivity index (χ1) is 10.6. The number of halogens is 3. The highest BCUT2D eigenvalue weighted by molar-refractivity contribution is 9.10. The zero-order valence-electron chi connectivity index (χ0n) is 13.5. The number of anilines is 1. The molecule has 2 aromatic rings. The van der Waals surface area contributed by atoms with Crippen LogP contribution in [0.3, 0.4) is 0 Å². The van der Waals surface area contributed by atoms with Gasteiger partial charge >= 0.3 is 0 Å². The number of carbonyl (C=O) groups is 1. The van der Waals surface area contributed by atoms with E-state index in [1.165, 1.54) is 4.68 Å². The fourth-order valence-corrected chi connectivity index (χ4v) is 2.76. The van der Waals surface area contributed by atoms with Gasteiger partial charge in [-0.1, -0.05) is 0 Å². The van der Waals surface area contributed by atoms with Gasteiger partial charge < -0.3 is 5.32 Å². The molecule has 2 aromatic heterocycles. The van der Waals surface area contributed by atoms with Crippen molar-refractivity contribution >= 4 is 27.5 Å². The molecule has 6 nitrogen and oxygen atoms in total. The molecule has 23 heavy (non-hydrogen) atoms. The van der Waals surface area contributed by atoms with Crippen molar-refractivity contribution in [3.8, 4) is 0 Å².